The summed E-state index contributed by atoms with van der Waals surface area (Å²) in [7, 11) is 0. The van der Waals surface area contributed by atoms with Gasteiger partial charge in [-0.1, -0.05) is 18.2 Å². The van der Waals surface area contributed by atoms with E-state index in [2.05, 4.69) is 16.0 Å². The Bertz CT molecular complexity index is 772. The smallest absolute Gasteiger partial charge is 0.274 e. The fourth-order valence-electron chi connectivity index (χ4n) is 3.36. The van der Waals surface area contributed by atoms with E-state index in [4.69, 9.17) is 0 Å². The van der Waals surface area contributed by atoms with Crippen molar-refractivity contribution < 1.29 is 9.59 Å². The number of aryl methyl sites for hydroxylation is 1. The van der Waals surface area contributed by atoms with E-state index in [0.29, 0.717) is 18.8 Å². The number of carbonyl (C=O) groups excluding carboxylic acids is 2. The Hall–Kier alpha value is -2.76. The summed E-state index contributed by atoms with van der Waals surface area (Å²) in [5.41, 5.74) is 2.57. The third-order valence-electron chi connectivity index (χ3n) is 4.68. The van der Waals surface area contributed by atoms with Crippen molar-refractivity contribution in [2.24, 2.45) is 5.92 Å². The standard InChI is InChI=1S/C18H18N4O2/c23-17(22-9-3-5-13-4-1-2-6-16(13)22)14-11-21(12-14)18(24)15-10-19-7-8-20-15/h1-2,4,6-8,10,14H,3,5,9,11-12H2. The van der Waals surface area contributed by atoms with Gasteiger partial charge in [-0.3, -0.25) is 14.6 Å². The molecule has 1 aromatic carbocycles. The second-order valence-corrected chi connectivity index (χ2v) is 6.22. The molecule has 0 spiro atoms. The number of likely N-dealkylation sites (tertiary alicyclic amines) is 1. The first kappa shape index (κ1) is 14.8. The molecular formula is C18H18N4O2. The Morgan fingerprint density at radius 2 is 1.96 bits per heavy atom. The molecule has 6 heteroatoms. The SMILES string of the molecule is O=C(c1cnccn1)N1CC(C(=O)N2CCCc3ccccc32)C1. The molecule has 0 bridgehead atoms. The summed E-state index contributed by atoms with van der Waals surface area (Å²) in [5.74, 6) is -0.173. The number of anilines is 1. The van der Waals surface area contributed by atoms with Crippen LogP contribution < -0.4 is 4.90 Å². The van der Waals surface area contributed by atoms with Gasteiger partial charge in [-0.05, 0) is 24.5 Å². The molecule has 4 rings (SSSR count). The minimum Gasteiger partial charge on any atom is -0.336 e. The number of aromatic nitrogens is 2. The van der Waals surface area contributed by atoms with Gasteiger partial charge >= 0.3 is 0 Å². The molecule has 0 atom stereocenters. The first-order valence-electron chi connectivity index (χ1n) is 8.18. The van der Waals surface area contributed by atoms with Crippen molar-refractivity contribution in [2.45, 2.75) is 12.8 Å². The van der Waals surface area contributed by atoms with Crippen molar-refractivity contribution in [3.8, 4) is 0 Å². The van der Waals surface area contributed by atoms with Crippen LogP contribution in [-0.2, 0) is 11.2 Å². The molecule has 0 N–H and O–H groups in total. The first-order valence-corrected chi connectivity index (χ1v) is 8.18. The van der Waals surface area contributed by atoms with Crippen LogP contribution in [0.1, 0.15) is 22.5 Å². The van der Waals surface area contributed by atoms with Crippen molar-refractivity contribution >= 4 is 17.5 Å². The van der Waals surface area contributed by atoms with Gasteiger partial charge in [0.1, 0.15) is 5.69 Å². The van der Waals surface area contributed by atoms with Gasteiger partial charge in [0.2, 0.25) is 5.91 Å². The number of rotatable bonds is 2. The molecule has 0 aliphatic carbocycles. The molecule has 1 saturated heterocycles. The zero-order valence-electron chi connectivity index (χ0n) is 13.3. The highest BCUT2D eigenvalue weighted by Crippen LogP contribution is 2.30. The summed E-state index contributed by atoms with van der Waals surface area (Å²) in [6, 6.07) is 8.07. The predicted octanol–water partition coefficient (Wildman–Crippen LogP) is 1.53. The lowest BCUT2D eigenvalue weighted by molar-refractivity contribution is -0.126. The number of hydrogen-bond acceptors (Lipinski definition) is 4. The first-order chi connectivity index (χ1) is 11.7. The van der Waals surface area contributed by atoms with Gasteiger partial charge in [-0.25, -0.2) is 4.98 Å². The highest BCUT2D eigenvalue weighted by Gasteiger charge is 2.39. The average Bonchev–Trinajstić information content (AvgIpc) is 2.60. The summed E-state index contributed by atoms with van der Waals surface area (Å²) < 4.78 is 0. The summed E-state index contributed by atoms with van der Waals surface area (Å²) in [6.45, 7) is 1.66. The molecule has 0 unspecified atom stereocenters. The van der Waals surface area contributed by atoms with E-state index in [0.717, 1.165) is 25.1 Å². The van der Waals surface area contributed by atoms with Crippen LogP contribution in [0.2, 0.25) is 0 Å². The van der Waals surface area contributed by atoms with Gasteiger partial charge < -0.3 is 9.80 Å². The topological polar surface area (TPSA) is 66.4 Å². The second kappa shape index (κ2) is 6.03. The summed E-state index contributed by atoms with van der Waals surface area (Å²) in [5, 5.41) is 0. The quantitative estimate of drug-likeness (QED) is 0.841. The lowest BCUT2D eigenvalue weighted by atomic mass is 9.95. The molecule has 0 radical (unpaired) electrons. The molecule has 0 saturated carbocycles. The molecule has 6 nitrogen and oxygen atoms in total. The van der Waals surface area contributed by atoms with Gasteiger partial charge in [-0.15, -0.1) is 0 Å². The number of para-hydroxylation sites is 1. The lowest BCUT2D eigenvalue weighted by Gasteiger charge is -2.41. The number of amides is 2. The molecule has 2 amide bonds. The van der Waals surface area contributed by atoms with Crippen LogP contribution in [0.25, 0.3) is 0 Å². The minimum absolute atomic E-state index is 0.116. The van der Waals surface area contributed by atoms with Crippen molar-refractivity contribution in [2.75, 3.05) is 24.5 Å². The molecule has 24 heavy (non-hydrogen) atoms. The number of fused-ring (bicyclic) bond motifs is 1. The molecule has 1 aromatic heterocycles. The Balaban J connectivity index is 1.43. The molecule has 3 heterocycles. The van der Waals surface area contributed by atoms with Crippen LogP contribution >= 0.6 is 0 Å². The molecule has 2 aliphatic heterocycles. The van der Waals surface area contributed by atoms with E-state index < -0.39 is 0 Å². The van der Waals surface area contributed by atoms with Crippen LogP contribution in [0.3, 0.4) is 0 Å². The zero-order valence-corrected chi connectivity index (χ0v) is 13.3. The van der Waals surface area contributed by atoms with E-state index in [-0.39, 0.29) is 17.7 Å². The maximum Gasteiger partial charge on any atom is 0.274 e. The Kier molecular flexibility index (Phi) is 3.72. The maximum absolute atomic E-state index is 12.8. The fourth-order valence-corrected chi connectivity index (χ4v) is 3.36. The molecule has 2 aromatic rings. The van der Waals surface area contributed by atoms with E-state index in [1.807, 2.05) is 23.1 Å². The third kappa shape index (κ3) is 2.54. The fraction of sp³-hybridized carbons (Fsp3) is 0.333. The zero-order chi connectivity index (χ0) is 16.5. The lowest BCUT2D eigenvalue weighted by Crippen LogP contribution is -2.57. The predicted molar refractivity (Wildman–Crippen MR) is 88.5 cm³/mol. The van der Waals surface area contributed by atoms with Gasteiger partial charge in [0.15, 0.2) is 0 Å². The van der Waals surface area contributed by atoms with E-state index >= 15 is 0 Å². The maximum atomic E-state index is 12.8. The highest BCUT2D eigenvalue weighted by molar-refractivity contribution is 5.99. The van der Waals surface area contributed by atoms with Gasteiger partial charge in [-0.2, -0.15) is 0 Å². The molecule has 1 fully saturated rings. The normalized spacial score (nSPS) is 17.2. The molecule has 2 aliphatic rings. The van der Waals surface area contributed by atoms with Gasteiger partial charge in [0.05, 0.1) is 12.1 Å². The number of hydrogen-bond donors (Lipinski definition) is 0. The van der Waals surface area contributed by atoms with E-state index in [1.165, 1.54) is 24.2 Å². The van der Waals surface area contributed by atoms with Crippen LogP contribution in [0.4, 0.5) is 5.69 Å². The summed E-state index contributed by atoms with van der Waals surface area (Å²) >= 11 is 0. The van der Waals surface area contributed by atoms with Crippen LogP contribution in [-0.4, -0.2) is 46.3 Å². The van der Waals surface area contributed by atoms with Gasteiger partial charge in [0, 0.05) is 37.7 Å². The van der Waals surface area contributed by atoms with Gasteiger partial charge in [0.25, 0.3) is 5.91 Å². The number of nitrogens with zero attached hydrogens (tertiary/aromatic N) is 4. The highest BCUT2D eigenvalue weighted by atomic mass is 16.2. The summed E-state index contributed by atoms with van der Waals surface area (Å²) in [6.07, 6.45) is 6.49. The van der Waals surface area contributed by atoms with Crippen LogP contribution in [0.15, 0.2) is 42.9 Å². The largest absolute Gasteiger partial charge is 0.336 e. The van der Waals surface area contributed by atoms with Crippen molar-refractivity contribution in [3.63, 3.8) is 0 Å². The third-order valence-corrected chi connectivity index (χ3v) is 4.68. The Morgan fingerprint density at radius 1 is 1.12 bits per heavy atom. The van der Waals surface area contributed by atoms with E-state index in [1.54, 1.807) is 4.90 Å². The Labute approximate surface area is 140 Å². The van der Waals surface area contributed by atoms with Crippen LogP contribution in [0.5, 0.6) is 0 Å². The summed E-state index contributed by atoms with van der Waals surface area (Å²) in [4.78, 5) is 36.5. The van der Waals surface area contributed by atoms with Crippen molar-refractivity contribution in [1.82, 2.24) is 14.9 Å². The monoisotopic (exact) mass is 322 g/mol. The van der Waals surface area contributed by atoms with Crippen LogP contribution in [0, 0.1) is 5.92 Å². The molecular weight excluding hydrogens is 304 g/mol. The minimum atomic E-state index is -0.161. The van der Waals surface area contributed by atoms with E-state index in [9.17, 15) is 9.59 Å². The Morgan fingerprint density at radius 3 is 2.75 bits per heavy atom. The second-order valence-electron chi connectivity index (χ2n) is 6.22. The van der Waals surface area contributed by atoms with Crippen molar-refractivity contribution in [1.29, 1.82) is 0 Å². The van der Waals surface area contributed by atoms with Crippen molar-refractivity contribution in [3.05, 3.63) is 54.1 Å². The average molecular weight is 322 g/mol. The number of carbonyl (C=O) groups is 2. The number of benzene rings is 1. The molecule has 122 valence electrons.